The van der Waals surface area contributed by atoms with Crippen molar-refractivity contribution in [3.8, 4) is 22.5 Å². The fourth-order valence-corrected chi connectivity index (χ4v) is 3.28. The van der Waals surface area contributed by atoms with Crippen molar-refractivity contribution in [3.05, 3.63) is 64.5 Å². The lowest BCUT2D eigenvalue weighted by Gasteiger charge is -2.11. The number of H-pyrrole nitrogens is 1. The van der Waals surface area contributed by atoms with Crippen LogP contribution in [0.2, 0.25) is 0 Å². The Hall–Kier alpha value is -3.53. The predicted octanol–water partition coefficient (Wildman–Crippen LogP) is 3.33. The summed E-state index contributed by atoms with van der Waals surface area (Å²) in [6.45, 7) is 1.58. The molecule has 3 aromatic heterocycles. The number of aliphatic hydroxyl groups excluding tert-OH is 1. The Labute approximate surface area is 174 Å². The van der Waals surface area contributed by atoms with E-state index in [1.807, 2.05) is 0 Å². The third-order valence-corrected chi connectivity index (χ3v) is 4.72. The Bertz CT molecular complexity index is 1310. The number of aliphatic hydroxyl groups is 1. The van der Waals surface area contributed by atoms with E-state index in [9.17, 15) is 23.1 Å². The fraction of sp³-hybridized carbons (Fsp3) is 0.238. The smallest absolute Gasteiger partial charge is 0.393 e. The standard InChI is InChI=1S/C21H18F3N5O2/c1-11(30)7-17-27-19-15(20(31)28-17)8-16(26-18(19)13-9-25-29(2)10-13)12-3-5-14(6-4-12)21(22,23)24/h3-6,8-11,30H,7H2,1-2H3,(H,27,28,31). The molecule has 2 N–H and O–H groups in total. The summed E-state index contributed by atoms with van der Waals surface area (Å²) in [7, 11) is 1.73. The van der Waals surface area contributed by atoms with E-state index >= 15 is 0 Å². The van der Waals surface area contributed by atoms with Gasteiger partial charge in [0.1, 0.15) is 17.0 Å². The number of rotatable bonds is 4. The summed E-state index contributed by atoms with van der Waals surface area (Å²) in [6, 6.07) is 6.06. The maximum Gasteiger partial charge on any atom is 0.416 e. The van der Waals surface area contributed by atoms with E-state index in [0.717, 1.165) is 12.1 Å². The van der Waals surface area contributed by atoms with Gasteiger partial charge in [0.2, 0.25) is 0 Å². The Morgan fingerprint density at radius 3 is 2.45 bits per heavy atom. The molecular weight excluding hydrogens is 411 g/mol. The number of nitrogens with zero attached hydrogens (tertiary/aromatic N) is 4. The van der Waals surface area contributed by atoms with Gasteiger partial charge in [-0.05, 0) is 25.1 Å². The highest BCUT2D eigenvalue weighted by Crippen LogP contribution is 2.32. The van der Waals surface area contributed by atoms with E-state index < -0.39 is 23.4 Å². The lowest BCUT2D eigenvalue weighted by atomic mass is 10.0. The van der Waals surface area contributed by atoms with Gasteiger partial charge in [0.15, 0.2) is 0 Å². The second-order valence-corrected chi connectivity index (χ2v) is 7.30. The quantitative estimate of drug-likeness (QED) is 0.519. The summed E-state index contributed by atoms with van der Waals surface area (Å²) in [5, 5.41) is 14.0. The Morgan fingerprint density at radius 2 is 1.87 bits per heavy atom. The molecule has 0 aliphatic rings. The largest absolute Gasteiger partial charge is 0.416 e. The maximum absolute atomic E-state index is 12.9. The molecule has 0 aliphatic heterocycles. The van der Waals surface area contributed by atoms with Crippen molar-refractivity contribution in [2.45, 2.75) is 25.6 Å². The average Bonchev–Trinajstić information content (AvgIpc) is 3.12. The van der Waals surface area contributed by atoms with E-state index in [1.54, 1.807) is 31.0 Å². The van der Waals surface area contributed by atoms with Crippen LogP contribution in [0.3, 0.4) is 0 Å². The zero-order valence-electron chi connectivity index (χ0n) is 16.6. The molecule has 0 radical (unpaired) electrons. The molecular formula is C21H18F3N5O2. The number of aromatic amines is 1. The zero-order chi connectivity index (χ0) is 22.3. The topological polar surface area (TPSA) is 96.7 Å². The predicted molar refractivity (Wildman–Crippen MR) is 108 cm³/mol. The maximum atomic E-state index is 12.9. The monoisotopic (exact) mass is 429 g/mol. The first-order chi connectivity index (χ1) is 14.6. The average molecular weight is 429 g/mol. The van der Waals surface area contributed by atoms with Gasteiger partial charge in [0.05, 0.1) is 28.9 Å². The zero-order valence-corrected chi connectivity index (χ0v) is 16.6. The molecule has 7 nitrogen and oxygen atoms in total. The van der Waals surface area contributed by atoms with Gasteiger partial charge < -0.3 is 10.1 Å². The van der Waals surface area contributed by atoms with E-state index in [0.29, 0.717) is 33.9 Å². The van der Waals surface area contributed by atoms with Gasteiger partial charge in [-0.3, -0.25) is 9.48 Å². The number of aryl methyl sites for hydroxylation is 1. The number of fused-ring (bicyclic) bond motifs is 1. The van der Waals surface area contributed by atoms with Crippen molar-refractivity contribution in [3.63, 3.8) is 0 Å². The minimum Gasteiger partial charge on any atom is -0.393 e. The van der Waals surface area contributed by atoms with Gasteiger partial charge in [-0.25, -0.2) is 9.97 Å². The molecule has 0 saturated heterocycles. The molecule has 0 aliphatic carbocycles. The highest BCUT2D eigenvalue weighted by molar-refractivity contribution is 5.93. The number of benzene rings is 1. The van der Waals surface area contributed by atoms with Gasteiger partial charge in [-0.1, -0.05) is 12.1 Å². The van der Waals surface area contributed by atoms with Crippen LogP contribution in [-0.4, -0.2) is 35.9 Å². The number of pyridine rings is 1. The van der Waals surface area contributed by atoms with Crippen LogP contribution in [0.4, 0.5) is 13.2 Å². The molecule has 31 heavy (non-hydrogen) atoms. The third kappa shape index (κ3) is 4.19. The van der Waals surface area contributed by atoms with E-state index in [4.69, 9.17) is 0 Å². The van der Waals surface area contributed by atoms with E-state index in [-0.39, 0.29) is 11.8 Å². The van der Waals surface area contributed by atoms with Crippen LogP contribution in [0.1, 0.15) is 18.3 Å². The van der Waals surface area contributed by atoms with E-state index in [2.05, 4.69) is 20.1 Å². The number of alkyl halides is 3. The van der Waals surface area contributed by atoms with Crippen LogP contribution in [0.5, 0.6) is 0 Å². The van der Waals surface area contributed by atoms with Crippen molar-refractivity contribution < 1.29 is 18.3 Å². The molecule has 1 aromatic carbocycles. The highest BCUT2D eigenvalue weighted by atomic mass is 19.4. The minimum atomic E-state index is -4.45. The summed E-state index contributed by atoms with van der Waals surface area (Å²) in [4.78, 5) is 24.5. The van der Waals surface area contributed by atoms with Gasteiger partial charge >= 0.3 is 6.18 Å². The molecule has 10 heteroatoms. The molecule has 4 rings (SSSR count). The first-order valence-electron chi connectivity index (χ1n) is 9.40. The molecule has 0 amide bonds. The molecule has 160 valence electrons. The second kappa shape index (κ2) is 7.62. The highest BCUT2D eigenvalue weighted by Gasteiger charge is 2.30. The first kappa shape index (κ1) is 20.7. The van der Waals surface area contributed by atoms with Crippen molar-refractivity contribution >= 4 is 10.9 Å². The molecule has 0 spiro atoms. The first-order valence-corrected chi connectivity index (χ1v) is 9.40. The SMILES string of the molecule is CC(O)Cc1nc2c(-c3cnn(C)c3)nc(-c3ccc(C(F)(F)F)cc3)cc2c(=O)[nH]1. The normalized spacial score (nSPS) is 13.0. The van der Waals surface area contributed by atoms with Gasteiger partial charge in [0.25, 0.3) is 5.56 Å². The molecule has 1 unspecified atom stereocenters. The van der Waals surface area contributed by atoms with Crippen molar-refractivity contribution in [2.24, 2.45) is 7.05 Å². The molecule has 0 saturated carbocycles. The van der Waals surface area contributed by atoms with Gasteiger partial charge in [0, 0.05) is 30.8 Å². The van der Waals surface area contributed by atoms with Crippen LogP contribution in [0.15, 0.2) is 47.5 Å². The van der Waals surface area contributed by atoms with Crippen LogP contribution >= 0.6 is 0 Å². The summed E-state index contributed by atoms with van der Waals surface area (Å²) in [5.41, 5.74) is 0.847. The summed E-state index contributed by atoms with van der Waals surface area (Å²) in [6.07, 6.45) is -1.73. The second-order valence-electron chi connectivity index (χ2n) is 7.30. The molecule has 4 aromatic rings. The summed E-state index contributed by atoms with van der Waals surface area (Å²) in [5.74, 6) is 0.307. The number of nitrogens with one attached hydrogen (secondary N) is 1. The number of hydrogen-bond acceptors (Lipinski definition) is 5. The van der Waals surface area contributed by atoms with Crippen LogP contribution in [0.25, 0.3) is 33.4 Å². The molecule has 0 bridgehead atoms. The van der Waals surface area contributed by atoms with Gasteiger partial charge in [-0.15, -0.1) is 0 Å². The van der Waals surface area contributed by atoms with Crippen LogP contribution in [0, 0.1) is 0 Å². The number of aromatic nitrogens is 5. The van der Waals surface area contributed by atoms with Crippen LogP contribution in [-0.2, 0) is 19.6 Å². The molecule has 3 heterocycles. The third-order valence-electron chi connectivity index (χ3n) is 4.72. The Morgan fingerprint density at radius 1 is 1.16 bits per heavy atom. The summed E-state index contributed by atoms with van der Waals surface area (Å²) < 4.78 is 40.3. The fourth-order valence-electron chi connectivity index (χ4n) is 3.28. The van der Waals surface area contributed by atoms with Crippen LogP contribution < -0.4 is 5.56 Å². The van der Waals surface area contributed by atoms with Crippen molar-refractivity contribution in [1.82, 2.24) is 24.7 Å². The van der Waals surface area contributed by atoms with Crippen molar-refractivity contribution in [2.75, 3.05) is 0 Å². The van der Waals surface area contributed by atoms with Gasteiger partial charge in [-0.2, -0.15) is 18.3 Å². The lowest BCUT2D eigenvalue weighted by molar-refractivity contribution is -0.137. The Balaban J connectivity index is 1.94. The summed E-state index contributed by atoms with van der Waals surface area (Å²) >= 11 is 0. The minimum absolute atomic E-state index is 0.151. The molecule has 1 atom stereocenters. The van der Waals surface area contributed by atoms with E-state index in [1.165, 1.54) is 18.2 Å². The number of halogens is 3. The Kier molecular flexibility index (Phi) is 5.10. The lowest BCUT2D eigenvalue weighted by Crippen LogP contribution is -2.16. The molecule has 0 fully saturated rings. The number of hydrogen-bond donors (Lipinski definition) is 2. The van der Waals surface area contributed by atoms with Crippen molar-refractivity contribution in [1.29, 1.82) is 0 Å².